The lowest BCUT2D eigenvalue weighted by Crippen LogP contribution is -2.42. The van der Waals surface area contributed by atoms with Gasteiger partial charge in [-0.15, -0.1) is 11.3 Å². The summed E-state index contributed by atoms with van der Waals surface area (Å²) in [4.78, 5) is 12.3. The second-order valence-corrected chi connectivity index (χ2v) is 10.3. The molecular formula is C27H29F3N4O2S. The number of aromatic nitrogens is 2. The van der Waals surface area contributed by atoms with Gasteiger partial charge in [-0.2, -0.15) is 13.2 Å². The van der Waals surface area contributed by atoms with Crippen molar-refractivity contribution in [1.82, 2.24) is 14.9 Å². The van der Waals surface area contributed by atoms with Crippen molar-refractivity contribution in [3.63, 3.8) is 0 Å². The maximum atomic E-state index is 13.2. The maximum Gasteiger partial charge on any atom is 0.428 e. The van der Waals surface area contributed by atoms with E-state index in [-0.39, 0.29) is 12.4 Å². The molecule has 196 valence electrons. The van der Waals surface area contributed by atoms with Gasteiger partial charge in [0.1, 0.15) is 6.61 Å². The summed E-state index contributed by atoms with van der Waals surface area (Å²) in [6.45, 7) is 3.19. The number of methoxy groups -OCH3 is 1. The van der Waals surface area contributed by atoms with Crippen LogP contribution in [0.25, 0.3) is 10.4 Å². The Bertz CT molecular complexity index is 1290. The molecule has 0 spiro atoms. The second kappa shape index (κ2) is 11.1. The first-order chi connectivity index (χ1) is 17.6. The number of anilines is 1. The van der Waals surface area contributed by atoms with Crippen molar-refractivity contribution in [3.8, 4) is 28.0 Å². The molecule has 1 atom stereocenters. The van der Waals surface area contributed by atoms with Crippen LogP contribution in [0.3, 0.4) is 0 Å². The lowest BCUT2D eigenvalue weighted by Gasteiger charge is -2.27. The van der Waals surface area contributed by atoms with Crippen LogP contribution in [0.5, 0.6) is 5.75 Å². The van der Waals surface area contributed by atoms with Gasteiger partial charge in [0, 0.05) is 36.5 Å². The molecule has 4 rings (SSSR count). The number of thiazole rings is 1. The normalized spacial score (nSPS) is 16.6. The molecule has 3 heterocycles. The number of halogens is 3. The lowest BCUT2D eigenvalue weighted by atomic mass is 9.98. The van der Waals surface area contributed by atoms with Crippen molar-refractivity contribution >= 4 is 17.2 Å². The number of hydrogen-bond donors (Lipinski definition) is 1. The van der Waals surface area contributed by atoms with E-state index in [9.17, 15) is 13.2 Å². The van der Waals surface area contributed by atoms with Crippen molar-refractivity contribution in [2.75, 3.05) is 33.0 Å². The molecule has 0 aliphatic carbocycles. The number of alkyl halides is 3. The average molecular weight is 531 g/mol. The highest BCUT2D eigenvalue weighted by molar-refractivity contribution is 7.15. The van der Waals surface area contributed by atoms with Crippen LogP contribution in [0.1, 0.15) is 41.8 Å². The SMILES string of the molecule is COC(C)(C#Cc1cccc(COc2cc(-c3cnc(C4CCN(C)CC4)s3)cnc2N)c1)C(F)(F)F. The monoisotopic (exact) mass is 530 g/mol. The summed E-state index contributed by atoms with van der Waals surface area (Å²) < 4.78 is 50.2. The summed E-state index contributed by atoms with van der Waals surface area (Å²) in [5.74, 6) is 5.90. The van der Waals surface area contributed by atoms with Gasteiger partial charge in [-0.25, -0.2) is 9.97 Å². The zero-order valence-electron chi connectivity index (χ0n) is 20.9. The average Bonchev–Trinajstić information content (AvgIpc) is 3.37. The molecule has 0 radical (unpaired) electrons. The van der Waals surface area contributed by atoms with E-state index in [2.05, 4.69) is 38.5 Å². The summed E-state index contributed by atoms with van der Waals surface area (Å²) in [6, 6.07) is 8.65. The molecule has 1 unspecified atom stereocenters. The van der Waals surface area contributed by atoms with Gasteiger partial charge in [0.25, 0.3) is 0 Å². The highest BCUT2D eigenvalue weighted by Gasteiger charge is 2.51. The molecule has 0 saturated carbocycles. The van der Waals surface area contributed by atoms with E-state index in [4.69, 9.17) is 10.5 Å². The Morgan fingerprint density at radius 3 is 2.62 bits per heavy atom. The molecule has 1 aliphatic rings. The smallest absolute Gasteiger partial charge is 0.428 e. The number of rotatable bonds is 6. The lowest BCUT2D eigenvalue weighted by molar-refractivity contribution is -0.237. The van der Waals surface area contributed by atoms with Crippen molar-refractivity contribution in [2.45, 2.75) is 44.1 Å². The van der Waals surface area contributed by atoms with Crippen LogP contribution in [-0.2, 0) is 11.3 Å². The quantitative estimate of drug-likeness (QED) is 0.425. The second-order valence-electron chi connectivity index (χ2n) is 9.22. The number of ether oxygens (including phenoxy) is 2. The molecule has 1 saturated heterocycles. The van der Waals surface area contributed by atoms with Crippen molar-refractivity contribution in [2.24, 2.45) is 0 Å². The molecule has 6 nitrogen and oxygen atoms in total. The van der Waals surface area contributed by atoms with Crippen molar-refractivity contribution in [3.05, 3.63) is 58.9 Å². The molecule has 2 N–H and O–H groups in total. The van der Waals surface area contributed by atoms with E-state index in [0.717, 1.165) is 61.0 Å². The number of hydrogen-bond acceptors (Lipinski definition) is 7. The topological polar surface area (TPSA) is 73.5 Å². The third-order valence-electron chi connectivity index (χ3n) is 6.47. The third kappa shape index (κ3) is 6.42. The Hall–Kier alpha value is -3.13. The van der Waals surface area contributed by atoms with Crippen LogP contribution < -0.4 is 10.5 Å². The number of nitrogens with zero attached hydrogens (tertiary/aromatic N) is 3. The summed E-state index contributed by atoms with van der Waals surface area (Å²) in [6.07, 6.45) is 1.16. The summed E-state index contributed by atoms with van der Waals surface area (Å²) in [7, 11) is 3.13. The van der Waals surface area contributed by atoms with Gasteiger partial charge < -0.3 is 20.1 Å². The summed E-state index contributed by atoms with van der Waals surface area (Å²) in [5, 5.41) is 1.13. The van der Waals surface area contributed by atoms with E-state index in [1.807, 2.05) is 12.3 Å². The molecule has 1 aliphatic heterocycles. The van der Waals surface area contributed by atoms with Crippen LogP contribution in [0.2, 0.25) is 0 Å². The van der Waals surface area contributed by atoms with Gasteiger partial charge >= 0.3 is 6.18 Å². The predicted molar refractivity (Wildman–Crippen MR) is 138 cm³/mol. The fraction of sp³-hybridized carbons (Fsp3) is 0.407. The van der Waals surface area contributed by atoms with Gasteiger partial charge in [-0.05, 0) is 63.7 Å². The summed E-state index contributed by atoms with van der Waals surface area (Å²) in [5.41, 5.74) is 5.51. The van der Waals surface area contributed by atoms with Crippen molar-refractivity contribution < 1.29 is 22.6 Å². The van der Waals surface area contributed by atoms with Gasteiger partial charge in [-0.1, -0.05) is 24.0 Å². The van der Waals surface area contributed by atoms with Gasteiger partial charge in [-0.3, -0.25) is 0 Å². The van der Waals surface area contributed by atoms with E-state index < -0.39 is 11.8 Å². The number of nitrogens with two attached hydrogens (primary N) is 1. The number of benzene rings is 1. The minimum Gasteiger partial charge on any atom is -0.485 e. The van der Waals surface area contributed by atoms with E-state index in [1.54, 1.807) is 41.8 Å². The minimum absolute atomic E-state index is 0.148. The molecule has 2 aromatic heterocycles. The van der Waals surface area contributed by atoms with Crippen LogP contribution in [0, 0.1) is 11.8 Å². The maximum absolute atomic E-state index is 13.2. The number of likely N-dealkylation sites (tertiary alicyclic amines) is 1. The first kappa shape index (κ1) is 26.9. The zero-order chi connectivity index (χ0) is 26.6. The highest BCUT2D eigenvalue weighted by atomic mass is 32.1. The van der Waals surface area contributed by atoms with E-state index >= 15 is 0 Å². The van der Waals surface area contributed by atoms with Crippen molar-refractivity contribution in [1.29, 1.82) is 0 Å². The van der Waals surface area contributed by atoms with Gasteiger partial charge in [0.15, 0.2) is 11.6 Å². The Morgan fingerprint density at radius 2 is 1.92 bits per heavy atom. The Kier molecular flexibility index (Phi) is 8.07. The molecule has 1 fully saturated rings. The van der Waals surface area contributed by atoms with Crippen LogP contribution in [0.4, 0.5) is 19.0 Å². The predicted octanol–water partition coefficient (Wildman–Crippen LogP) is 5.49. The standard InChI is InChI=1S/C27H29F3N4O2S/c1-26(35-3,27(28,29)30)10-7-18-5-4-6-19(13-18)17-36-22-14-21(15-32-24(22)31)23-16-33-25(37-23)20-8-11-34(2)12-9-20/h4-6,13-16,20H,8-9,11-12,17H2,1-3H3,(H2,31,32). The van der Waals surface area contributed by atoms with Gasteiger partial charge in [0.05, 0.1) is 9.88 Å². The molecule has 10 heteroatoms. The third-order valence-corrected chi connectivity index (χ3v) is 7.68. The Balaban J connectivity index is 1.46. The molecule has 37 heavy (non-hydrogen) atoms. The van der Waals surface area contributed by atoms with Crippen LogP contribution in [0.15, 0.2) is 42.7 Å². The molecule has 0 bridgehead atoms. The largest absolute Gasteiger partial charge is 0.485 e. The molecule has 0 amide bonds. The minimum atomic E-state index is -4.61. The van der Waals surface area contributed by atoms with E-state index in [0.29, 0.717) is 17.2 Å². The number of nitrogen functional groups attached to an aromatic ring is 1. The van der Waals surface area contributed by atoms with Crippen LogP contribution >= 0.6 is 11.3 Å². The molecule has 3 aromatic rings. The number of pyridine rings is 1. The number of piperidine rings is 1. The first-order valence-electron chi connectivity index (χ1n) is 11.8. The Labute approximate surface area is 218 Å². The Morgan fingerprint density at radius 1 is 1.16 bits per heavy atom. The molecule has 1 aromatic carbocycles. The fourth-order valence-corrected chi connectivity index (χ4v) is 4.97. The first-order valence-corrected chi connectivity index (χ1v) is 12.7. The zero-order valence-corrected chi connectivity index (χ0v) is 21.7. The highest BCUT2D eigenvalue weighted by Crippen LogP contribution is 2.36. The van der Waals surface area contributed by atoms with Gasteiger partial charge in [0.2, 0.25) is 5.60 Å². The van der Waals surface area contributed by atoms with E-state index in [1.165, 1.54) is 0 Å². The molecular weight excluding hydrogens is 501 g/mol. The summed E-state index contributed by atoms with van der Waals surface area (Å²) >= 11 is 1.66. The van der Waals surface area contributed by atoms with Crippen LogP contribution in [-0.4, -0.2) is 53.9 Å². The fourth-order valence-electron chi connectivity index (χ4n) is 3.90.